The topological polar surface area (TPSA) is 54.0 Å². The van der Waals surface area contributed by atoms with E-state index in [1.54, 1.807) is 6.07 Å². The van der Waals surface area contributed by atoms with Gasteiger partial charge in [0.05, 0.1) is 23.0 Å². The molecule has 7 heteroatoms. The molecule has 2 N–H and O–H groups in total. The van der Waals surface area contributed by atoms with E-state index in [4.69, 9.17) is 0 Å². The van der Waals surface area contributed by atoms with Crippen molar-refractivity contribution in [3.8, 4) is 0 Å². The first kappa shape index (κ1) is 19.4. The van der Waals surface area contributed by atoms with Crippen LogP contribution in [0.3, 0.4) is 0 Å². The minimum atomic E-state index is -4.38. The quantitative estimate of drug-likeness (QED) is 0.644. The van der Waals surface area contributed by atoms with Gasteiger partial charge in [-0.15, -0.1) is 0 Å². The summed E-state index contributed by atoms with van der Waals surface area (Å²) in [7, 11) is 0. The summed E-state index contributed by atoms with van der Waals surface area (Å²) in [4.78, 5) is 16.4. The largest absolute Gasteiger partial charge is 0.416 e. The van der Waals surface area contributed by atoms with Gasteiger partial charge in [0.25, 0.3) is 5.91 Å². The summed E-state index contributed by atoms with van der Waals surface area (Å²) in [5.41, 5.74) is 2.71. The summed E-state index contributed by atoms with van der Waals surface area (Å²) in [6.45, 7) is 2.37. The molecule has 0 saturated carbocycles. The van der Waals surface area contributed by atoms with Gasteiger partial charge in [0, 0.05) is 18.4 Å². The highest BCUT2D eigenvalue weighted by atomic mass is 19.4. The van der Waals surface area contributed by atoms with Crippen molar-refractivity contribution < 1.29 is 18.0 Å². The Morgan fingerprint density at radius 2 is 1.64 bits per heavy atom. The zero-order valence-corrected chi connectivity index (χ0v) is 15.0. The van der Waals surface area contributed by atoms with Crippen LogP contribution in [0.25, 0.3) is 0 Å². The number of pyridine rings is 1. The normalized spacial score (nSPS) is 11.1. The lowest BCUT2D eigenvalue weighted by atomic mass is 10.1. The number of anilines is 2. The van der Waals surface area contributed by atoms with E-state index in [2.05, 4.69) is 15.6 Å². The molecular formula is C21H18F3N3O. The Hall–Kier alpha value is -3.35. The molecule has 4 nitrogen and oxygen atoms in total. The predicted octanol–water partition coefficient (Wildman–Crippen LogP) is 5.08. The maximum atomic E-state index is 12.6. The fourth-order valence-corrected chi connectivity index (χ4v) is 2.53. The third-order valence-electron chi connectivity index (χ3n) is 4.08. The van der Waals surface area contributed by atoms with Crippen LogP contribution in [0.2, 0.25) is 0 Å². The lowest BCUT2D eigenvalue weighted by Gasteiger charge is -2.10. The van der Waals surface area contributed by atoms with Crippen LogP contribution < -0.4 is 10.6 Å². The molecule has 0 saturated heterocycles. The second-order valence-corrected chi connectivity index (χ2v) is 6.33. The van der Waals surface area contributed by atoms with Crippen molar-refractivity contribution in [2.24, 2.45) is 0 Å². The molecule has 0 aliphatic heterocycles. The zero-order valence-electron chi connectivity index (χ0n) is 15.0. The van der Waals surface area contributed by atoms with Gasteiger partial charge in [-0.1, -0.05) is 29.8 Å². The Morgan fingerprint density at radius 3 is 2.29 bits per heavy atom. The number of aryl methyl sites for hydroxylation is 1. The SMILES string of the molecule is Cc1ccc(CNC(=O)c2cncc(Nc3ccc(C(F)(F)F)cc3)c2)cc1. The first-order valence-corrected chi connectivity index (χ1v) is 8.54. The smallest absolute Gasteiger partial charge is 0.354 e. The molecule has 1 amide bonds. The van der Waals surface area contributed by atoms with Gasteiger partial charge in [-0.25, -0.2) is 0 Å². The van der Waals surface area contributed by atoms with Gasteiger partial charge in [0.1, 0.15) is 0 Å². The van der Waals surface area contributed by atoms with Gasteiger partial charge in [-0.2, -0.15) is 13.2 Å². The van der Waals surface area contributed by atoms with Crippen LogP contribution in [0.1, 0.15) is 27.0 Å². The van der Waals surface area contributed by atoms with Crippen molar-refractivity contribution in [2.45, 2.75) is 19.6 Å². The average molecular weight is 385 g/mol. The van der Waals surface area contributed by atoms with E-state index < -0.39 is 11.7 Å². The molecule has 2 aromatic carbocycles. The summed E-state index contributed by atoms with van der Waals surface area (Å²) >= 11 is 0. The molecule has 0 radical (unpaired) electrons. The number of hydrogen-bond donors (Lipinski definition) is 2. The number of carbonyl (C=O) groups excluding carboxylic acids is 1. The standard InChI is InChI=1S/C21H18F3N3O/c1-14-2-4-15(5-3-14)11-26-20(28)16-10-19(13-25-12-16)27-18-8-6-17(7-9-18)21(22,23)24/h2-10,12-13,27H,11H2,1H3,(H,26,28). The highest BCUT2D eigenvalue weighted by molar-refractivity contribution is 5.94. The molecule has 0 atom stereocenters. The molecule has 0 aliphatic rings. The van der Waals surface area contributed by atoms with Crippen LogP contribution in [0.15, 0.2) is 67.0 Å². The van der Waals surface area contributed by atoms with Gasteiger partial charge in [0.15, 0.2) is 0 Å². The Morgan fingerprint density at radius 1 is 0.964 bits per heavy atom. The number of amides is 1. The minimum Gasteiger partial charge on any atom is -0.354 e. The van der Waals surface area contributed by atoms with E-state index >= 15 is 0 Å². The summed E-state index contributed by atoms with van der Waals surface area (Å²) in [6, 6.07) is 14.1. The van der Waals surface area contributed by atoms with Gasteiger partial charge in [-0.05, 0) is 42.8 Å². The number of nitrogens with zero attached hydrogens (tertiary/aromatic N) is 1. The van der Waals surface area contributed by atoms with E-state index in [9.17, 15) is 18.0 Å². The summed E-state index contributed by atoms with van der Waals surface area (Å²) < 4.78 is 37.9. The molecule has 1 heterocycles. The first-order chi connectivity index (χ1) is 13.3. The van der Waals surface area contributed by atoms with Crippen LogP contribution in [-0.2, 0) is 12.7 Å². The average Bonchev–Trinajstić information content (AvgIpc) is 2.67. The highest BCUT2D eigenvalue weighted by Crippen LogP contribution is 2.30. The van der Waals surface area contributed by atoms with Gasteiger partial charge < -0.3 is 10.6 Å². The van der Waals surface area contributed by atoms with Crippen LogP contribution in [0.4, 0.5) is 24.5 Å². The van der Waals surface area contributed by atoms with E-state index in [1.807, 2.05) is 31.2 Å². The fraction of sp³-hybridized carbons (Fsp3) is 0.143. The molecule has 28 heavy (non-hydrogen) atoms. The minimum absolute atomic E-state index is 0.288. The molecule has 0 spiro atoms. The Kier molecular flexibility index (Phi) is 5.63. The number of aromatic nitrogens is 1. The van der Waals surface area contributed by atoms with Crippen molar-refractivity contribution in [2.75, 3.05) is 5.32 Å². The van der Waals surface area contributed by atoms with Crippen molar-refractivity contribution in [1.82, 2.24) is 10.3 Å². The lowest BCUT2D eigenvalue weighted by Crippen LogP contribution is -2.23. The number of nitrogens with one attached hydrogen (secondary N) is 2. The van der Waals surface area contributed by atoms with Crippen molar-refractivity contribution in [3.05, 3.63) is 89.2 Å². The molecule has 144 valence electrons. The number of carbonyl (C=O) groups is 1. The van der Waals surface area contributed by atoms with Crippen LogP contribution in [0.5, 0.6) is 0 Å². The Balaban J connectivity index is 1.64. The summed E-state index contributed by atoms with van der Waals surface area (Å²) in [5, 5.41) is 5.77. The molecule has 0 bridgehead atoms. The number of halogens is 3. The van der Waals surface area contributed by atoms with Crippen molar-refractivity contribution in [3.63, 3.8) is 0 Å². The van der Waals surface area contributed by atoms with Crippen LogP contribution in [-0.4, -0.2) is 10.9 Å². The summed E-state index contributed by atoms with van der Waals surface area (Å²) in [5.74, 6) is -0.288. The molecular weight excluding hydrogens is 367 g/mol. The molecule has 0 aliphatic carbocycles. The van der Waals surface area contributed by atoms with Gasteiger partial charge in [-0.3, -0.25) is 9.78 Å². The summed E-state index contributed by atoms with van der Waals surface area (Å²) in [6.07, 6.45) is -1.45. The molecule has 0 unspecified atom stereocenters. The van der Waals surface area contributed by atoms with Gasteiger partial charge >= 0.3 is 6.18 Å². The third-order valence-corrected chi connectivity index (χ3v) is 4.08. The third kappa shape index (κ3) is 5.09. The second kappa shape index (κ2) is 8.12. The van der Waals surface area contributed by atoms with Gasteiger partial charge in [0.2, 0.25) is 0 Å². The fourth-order valence-electron chi connectivity index (χ4n) is 2.53. The Labute approximate surface area is 160 Å². The van der Waals surface area contributed by atoms with Crippen molar-refractivity contribution in [1.29, 1.82) is 0 Å². The van der Waals surface area contributed by atoms with E-state index in [-0.39, 0.29) is 5.91 Å². The molecule has 3 aromatic rings. The molecule has 3 rings (SSSR count). The number of alkyl halides is 3. The maximum Gasteiger partial charge on any atom is 0.416 e. The predicted molar refractivity (Wildman–Crippen MR) is 101 cm³/mol. The monoisotopic (exact) mass is 385 g/mol. The molecule has 0 fully saturated rings. The van der Waals surface area contributed by atoms with Crippen molar-refractivity contribution >= 4 is 17.3 Å². The van der Waals surface area contributed by atoms with E-state index in [0.29, 0.717) is 23.5 Å². The van der Waals surface area contributed by atoms with Crippen LogP contribution in [0, 0.1) is 6.92 Å². The first-order valence-electron chi connectivity index (χ1n) is 8.54. The number of benzene rings is 2. The molecule has 1 aromatic heterocycles. The lowest BCUT2D eigenvalue weighted by molar-refractivity contribution is -0.137. The van der Waals surface area contributed by atoms with E-state index in [0.717, 1.165) is 23.3 Å². The highest BCUT2D eigenvalue weighted by Gasteiger charge is 2.29. The van der Waals surface area contributed by atoms with Crippen LogP contribution >= 0.6 is 0 Å². The Bertz CT molecular complexity index is 952. The number of rotatable bonds is 5. The second-order valence-electron chi connectivity index (χ2n) is 6.33. The number of hydrogen-bond acceptors (Lipinski definition) is 3. The van der Waals surface area contributed by atoms with E-state index in [1.165, 1.54) is 24.5 Å². The zero-order chi connectivity index (χ0) is 20.1. The maximum absolute atomic E-state index is 12.6.